The van der Waals surface area contributed by atoms with Gasteiger partial charge in [-0.15, -0.1) is 18.8 Å². The van der Waals surface area contributed by atoms with Crippen molar-refractivity contribution in [3.63, 3.8) is 0 Å². The van der Waals surface area contributed by atoms with Crippen LogP contribution in [0.15, 0.2) is 42.7 Å². The van der Waals surface area contributed by atoms with Crippen LogP contribution in [0.1, 0.15) is 5.56 Å². The van der Waals surface area contributed by atoms with Gasteiger partial charge in [-0.3, -0.25) is 0 Å². The third kappa shape index (κ3) is 3.28. The summed E-state index contributed by atoms with van der Waals surface area (Å²) in [6, 6.07) is 10.7. The Morgan fingerprint density at radius 2 is 2.04 bits per heavy atom. The molecule has 23 heavy (non-hydrogen) atoms. The van der Waals surface area contributed by atoms with Crippen LogP contribution in [0, 0.1) is 12.3 Å². The number of terminal acetylenes is 1. The van der Waals surface area contributed by atoms with Crippen molar-refractivity contribution in [1.29, 1.82) is 0 Å². The van der Waals surface area contributed by atoms with Crippen LogP contribution < -0.4 is 10.1 Å². The molecule has 0 atom stereocenters. The summed E-state index contributed by atoms with van der Waals surface area (Å²) >= 11 is 0. The smallest absolute Gasteiger partial charge is 0.162 e. The fourth-order valence-electron chi connectivity index (χ4n) is 2.16. The van der Waals surface area contributed by atoms with Crippen molar-refractivity contribution in [2.45, 2.75) is 0 Å². The van der Waals surface area contributed by atoms with Gasteiger partial charge in [-0.1, -0.05) is 12.0 Å². The highest BCUT2D eigenvalue weighted by Gasteiger charge is 2.09. The molecule has 0 unspecified atom stereocenters. The molecule has 0 radical (unpaired) electrons. The van der Waals surface area contributed by atoms with Gasteiger partial charge in [0.15, 0.2) is 11.5 Å². The Kier molecular flexibility index (Phi) is 4.89. The molecule has 0 aliphatic heterocycles. The number of nitrogens with one attached hydrogen (secondary N) is 1. The van der Waals surface area contributed by atoms with E-state index in [1.54, 1.807) is 12.1 Å². The molecule has 3 rings (SSSR count). The predicted octanol–water partition coefficient (Wildman–Crippen LogP) is 3.49. The van der Waals surface area contributed by atoms with Crippen molar-refractivity contribution in [1.82, 2.24) is 9.97 Å². The number of aromatic hydroxyl groups is 1. The number of rotatable bonds is 3. The Balaban J connectivity index is 0.00000192. The van der Waals surface area contributed by atoms with Gasteiger partial charge in [-0.25, -0.2) is 9.97 Å². The molecule has 0 aliphatic rings. The Morgan fingerprint density at radius 1 is 1.22 bits per heavy atom. The molecule has 0 bridgehead atoms. The summed E-state index contributed by atoms with van der Waals surface area (Å²) in [5, 5.41) is 13.8. The van der Waals surface area contributed by atoms with Crippen molar-refractivity contribution >= 4 is 34.8 Å². The SMILES string of the molecule is C#Cc1cccc(Nc2ncnc3cc(OC)c(O)cc23)c1.Cl. The molecule has 0 aliphatic carbocycles. The van der Waals surface area contributed by atoms with Gasteiger partial charge in [-0.05, 0) is 24.3 Å². The summed E-state index contributed by atoms with van der Waals surface area (Å²) in [6.07, 6.45) is 6.85. The van der Waals surface area contributed by atoms with Gasteiger partial charge in [-0.2, -0.15) is 0 Å². The van der Waals surface area contributed by atoms with Crippen LogP contribution in [-0.2, 0) is 0 Å². The van der Waals surface area contributed by atoms with E-state index in [0.717, 1.165) is 11.3 Å². The number of aromatic nitrogens is 2. The molecule has 6 heteroatoms. The second kappa shape index (κ2) is 6.86. The number of halogens is 1. The lowest BCUT2D eigenvalue weighted by molar-refractivity contribution is 0.374. The zero-order valence-electron chi connectivity index (χ0n) is 12.3. The minimum absolute atomic E-state index is 0. The van der Waals surface area contributed by atoms with E-state index in [-0.39, 0.29) is 18.2 Å². The van der Waals surface area contributed by atoms with Crippen molar-refractivity contribution < 1.29 is 9.84 Å². The minimum Gasteiger partial charge on any atom is -0.504 e. The molecule has 0 amide bonds. The Labute approximate surface area is 139 Å². The van der Waals surface area contributed by atoms with Crippen LogP contribution in [-0.4, -0.2) is 22.2 Å². The maximum absolute atomic E-state index is 9.95. The Hall–Kier alpha value is -2.97. The van der Waals surface area contributed by atoms with Gasteiger partial charge in [0.1, 0.15) is 12.1 Å². The highest BCUT2D eigenvalue weighted by atomic mass is 35.5. The summed E-state index contributed by atoms with van der Waals surface area (Å²) < 4.78 is 5.09. The van der Waals surface area contributed by atoms with E-state index in [9.17, 15) is 5.11 Å². The number of fused-ring (bicyclic) bond motifs is 1. The molecule has 0 spiro atoms. The minimum atomic E-state index is 0. The molecule has 0 saturated carbocycles. The van der Waals surface area contributed by atoms with Gasteiger partial charge in [0.25, 0.3) is 0 Å². The van der Waals surface area contributed by atoms with Gasteiger partial charge in [0.2, 0.25) is 0 Å². The number of hydrogen-bond acceptors (Lipinski definition) is 5. The van der Waals surface area contributed by atoms with Crippen molar-refractivity contribution in [2.24, 2.45) is 0 Å². The normalized spacial score (nSPS) is 9.74. The highest BCUT2D eigenvalue weighted by Crippen LogP contribution is 2.33. The zero-order chi connectivity index (χ0) is 15.5. The average molecular weight is 328 g/mol. The first-order valence-corrected chi connectivity index (χ1v) is 6.56. The fraction of sp³-hybridized carbons (Fsp3) is 0.0588. The Morgan fingerprint density at radius 3 is 2.78 bits per heavy atom. The van der Waals surface area contributed by atoms with Crippen LogP contribution in [0.4, 0.5) is 11.5 Å². The summed E-state index contributed by atoms with van der Waals surface area (Å²) in [4.78, 5) is 8.42. The van der Waals surface area contributed by atoms with Gasteiger partial charge in [0.05, 0.1) is 12.6 Å². The number of phenolic OH excluding ortho intramolecular Hbond substituents is 1. The summed E-state index contributed by atoms with van der Waals surface area (Å²) in [5.41, 5.74) is 2.25. The van der Waals surface area contributed by atoms with E-state index in [4.69, 9.17) is 11.2 Å². The van der Waals surface area contributed by atoms with Crippen molar-refractivity contribution in [3.05, 3.63) is 48.3 Å². The molecule has 116 valence electrons. The second-order valence-corrected chi connectivity index (χ2v) is 4.61. The second-order valence-electron chi connectivity index (χ2n) is 4.61. The number of benzene rings is 2. The monoisotopic (exact) mass is 327 g/mol. The molecule has 1 aromatic heterocycles. The maximum atomic E-state index is 9.95. The summed E-state index contributed by atoms with van der Waals surface area (Å²) in [5.74, 6) is 3.57. The molecule has 0 fully saturated rings. The van der Waals surface area contributed by atoms with Crippen LogP contribution >= 0.6 is 12.4 Å². The van der Waals surface area contributed by atoms with E-state index in [0.29, 0.717) is 22.5 Å². The van der Waals surface area contributed by atoms with Crippen LogP contribution in [0.25, 0.3) is 10.9 Å². The predicted molar refractivity (Wildman–Crippen MR) is 92.7 cm³/mol. The third-order valence-electron chi connectivity index (χ3n) is 3.23. The van der Waals surface area contributed by atoms with Crippen molar-refractivity contribution in [2.75, 3.05) is 12.4 Å². The van der Waals surface area contributed by atoms with Crippen molar-refractivity contribution in [3.8, 4) is 23.8 Å². The molecule has 0 saturated heterocycles. The molecule has 3 aromatic rings. The molecule has 5 nitrogen and oxygen atoms in total. The van der Waals surface area contributed by atoms with E-state index in [1.807, 2.05) is 24.3 Å². The molecular weight excluding hydrogens is 314 g/mol. The lowest BCUT2D eigenvalue weighted by atomic mass is 10.2. The maximum Gasteiger partial charge on any atom is 0.162 e. The lowest BCUT2D eigenvalue weighted by Crippen LogP contribution is -1.97. The number of phenols is 1. The first-order chi connectivity index (χ1) is 10.7. The zero-order valence-corrected chi connectivity index (χ0v) is 13.1. The van der Waals surface area contributed by atoms with E-state index in [1.165, 1.54) is 13.4 Å². The largest absolute Gasteiger partial charge is 0.504 e. The first-order valence-electron chi connectivity index (χ1n) is 6.56. The number of ether oxygens (including phenoxy) is 1. The van der Waals surface area contributed by atoms with Crippen LogP contribution in [0.3, 0.4) is 0 Å². The van der Waals surface area contributed by atoms with Gasteiger partial charge >= 0.3 is 0 Å². The van der Waals surface area contributed by atoms with Gasteiger partial charge in [0, 0.05) is 22.7 Å². The van der Waals surface area contributed by atoms with E-state index < -0.39 is 0 Å². The lowest BCUT2D eigenvalue weighted by Gasteiger charge is -2.10. The Bertz CT molecular complexity index is 891. The van der Waals surface area contributed by atoms with E-state index in [2.05, 4.69) is 21.2 Å². The fourth-order valence-corrected chi connectivity index (χ4v) is 2.16. The topological polar surface area (TPSA) is 67.3 Å². The van der Waals surface area contributed by atoms with Crippen LogP contribution in [0.5, 0.6) is 11.5 Å². The number of nitrogens with zero attached hydrogens (tertiary/aromatic N) is 2. The molecule has 2 aromatic carbocycles. The first kappa shape index (κ1) is 16.4. The standard InChI is InChI=1S/C17H13N3O2.ClH/c1-3-11-5-4-6-12(7-11)20-17-13-8-15(21)16(22-2)9-14(13)18-10-19-17;/h1,4-10,21H,2H3,(H,18,19,20);1H. The summed E-state index contributed by atoms with van der Waals surface area (Å²) in [7, 11) is 1.49. The quantitative estimate of drug-likeness (QED) is 0.721. The number of methoxy groups -OCH3 is 1. The van der Waals surface area contributed by atoms with Crippen LogP contribution in [0.2, 0.25) is 0 Å². The summed E-state index contributed by atoms with van der Waals surface area (Å²) in [6.45, 7) is 0. The van der Waals surface area contributed by atoms with Gasteiger partial charge < -0.3 is 15.2 Å². The molecular formula is C17H14ClN3O2. The molecule has 2 N–H and O–H groups in total. The number of anilines is 2. The van der Waals surface area contributed by atoms with E-state index >= 15 is 0 Å². The average Bonchev–Trinajstić information content (AvgIpc) is 2.55. The number of hydrogen-bond donors (Lipinski definition) is 2. The highest BCUT2D eigenvalue weighted by molar-refractivity contribution is 5.93. The third-order valence-corrected chi connectivity index (χ3v) is 3.23. The molecule has 1 heterocycles.